The van der Waals surface area contributed by atoms with E-state index in [4.69, 9.17) is 10.2 Å². The van der Waals surface area contributed by atoms with E-state index in [0.717, 1.165) is 4.90 Å². The van der Waals surface area contributed by atoms with Gasteiger partial charge in [-0.1, -0.05) is 0 Å². The molecule has 5 atom stereocenters. The molecule has 10 nitrogen and oxygen atoms in total. The quantitative estimate of drug-likeness (QED) is 0.440. The van der Waals surface area contributed by atoms with Crippen LogP contribution in [0.15, 0.2) is 24.3 Å². The Balaban J connectivity index is 1.59. The highest BCUT2D eigenvalue weighted by Gasteiger charge is 2.47. The third kappa shape index (κ3) is 4.36. The van der Waals surface area contributed by atoms with Gasteiger partial charge in [-0.25, -0.2) is 0 Å². The Bertz CT molecular complexity index is 831. The van der Waals surface area contributed by atoms with Gasteiger partial charge >= 0.3 is 0 Å². The summed E-state index contributed by atoms with van der Waals surface area (Å²) in [5.74, 6) is -0.991. The maximum absolute atomic E-state index is 12.8. The van der Waals surface area contributed by atoms with Gasteiger partial charge in [0, 0.05) is 56.9 Å². The Hall–Kier alpha value is -2.24. The monoisotopic (exact) mass is 413 g/mol. The predicted molar refractivity (Wildman–Crippen MR) is 102 cm³/mol. The molecule has 2 saturated heterocycles. The summed E-state index contributed by atoms with van der Waals surface area (Å²) in [7, 11) is 0. The molecule has 0 unspecified atom stereocenters. The Morgan fingerprint density at radius 2 is 1.55 bits per heavy atom. The zero-order valence-corrected chi connectivity index (χ0v) is 15.5. The van der Waals surface area contributed by atoms with Gasteiger partial charge in [-0.3, -0.25) is 9.59 Å². The van der Waals surface area contributed by atoms with Crippen molar-refractivity contribution in [2.45, 2.75) is 30.7 Å². The van der Waals surface area contributed by atoms with Crippen molar-refractivity contribution in [3.05, 3.63) is 29.8 Å². The minimum Gasteiger partial charge on any atom is -0.387 e. The first kappa shape index (κ1) is 16.5. The van der Waals surface area contributed by atoms with Crippen LogP contribution in [0.3, 0.4) is 0 Å². The molecule has 2 heterocycles. The first-order valence-electron chi connectivity index (χ1n) is 11.4. The fourth-order valence-corrected chi connectivity index (χ4v) is 3.33. The van der Waals surface area contributed by atoms with Crippen LogP contribution in [0.1, 0.15) is 15.8 Å². The molecule has 0 aromatic heterocycles. The summed E-state index contributed by atoms with van der Waals surface area (Å²) in [6.07, 6.45) is -8.57. The van der Waals surface area contributed by atoms with E-state index in [1.165, 1.54) is 34.1 Å². The van der Waals surface area contributed by atoms with E-state index < -0.39 is 50.6 Å². The molecule has 3 rings (SSSR count). The van der Waals surface area contributed by atoms with Crippen LogP contribution in [-0.2, 0) is 9.53 Å². The molecule has 1 aromatic carbocycles. The average molecular weight is 413 g/mol. The summed E-state index contributed by atoms with van der Waals surface area (Å²) in [5, 5.41) is 39.0. The summed E-state index contributed by atoms with van der Waals surface area (Å²) in [6, 6.07) is 5.89. The number of anilines is 1. The summed E-state index contributed by atoms with van der Waals surface area (Å²) < 4.78 is 34.8. The van der Waals surface area contributed by atoms with Crippen LogP contribution in [0.4, 0.5) is 5.69 Å². The molecule has 0 radical (unpaired) electrons. The average Bonchev–Trinajstić information content (AvgIpc) is 2.79. The fourth-order valence-electron chi connectivity index (χ4n) is 3.33. The van der Waals surface area contributed by atoms with Gasteiger partial charge in [0.1, 0.15) is 18.3 Å². The zero-order chi connectivity index (χ0) is 24.4. The number of hydrogen-bond donors (Lipinski definition) is 4. The number of carbonyl (C=O) groups is 2. The maximum Gasteiger partial charge on any atom is 0.254 e. The lowest BCUT2D eigenvalue weighted by atomic mass is 9.98. The molecule has 0 saturated carbocycles. The number of piperazine rings is 1. The number of rotatable bonds is 3. The molecule has 4 N–H and O–H groups in total. The second-order valence-corrected chi connectivity index (χ2v) is 6.99. The maximum atomic E-state index is 12.8. The lowest BCUT2D eigenvalue weighted by Gasteiger charge is -2.41. The van der Waals surface area contributed by atoms with E-state index in [-0.39, 0.29) is 32.1 Å². The van der Waals surface area contributed by atoms with E-state index >= 15 is 0 Å². The van der Waals surface area contributed by atoms with Gasteiger partial charge in [-0.15, -0.1) is 0 Å². The lowest BCUT2D eigenvalue weighted by Crippen LogP contribution is -2.63. The molecule has 160 valence electrons. The van der Waals surface area contributed by atoms with Crippen molar-refractivity contribution in [3.8, 4) is 0 Å². The van der Waals surface area contributed by atoms with Crippen LogP contribution in [0.5, 0.6) is 0 Å². The summed E-state index contributed by atoms with van der Waals surface area (Å²) in [4.78, 5) is 29.3. The molecule has 0 bridgehead atoms. The van der Waals surface area contributed by atoms with Crippen molar-refractivity contribution in [2.75, 3.05) is 45.1 Å². The van der Waals surface area contributed by atoms with Crippen LogP contribution in [0.25, 0.3) is 0 Å². The van der Waals surface area contributed by atoms with Crippen LogP contribution < -0.4 is 4.90 Å². The van der Waals surface area contributed by atoms with Crippen LogP contribution >= 0.6 is 0 Å². The topological polar surface area (TPSA) is 134 Å². The molecular weight excluding hydrogens is 382 g/mol. The van der Waals surface area contributed by atoms with Gasteiger partial charge in [-0.05, 0) is 24.3 Å². The molecule has 2 aliphatic heterocycles. The molecule has 0 aliphatic carbocycles. The smallest absolute Gasteiger partial charge is 0.254 e. The van der Waals surface area contributed by atoms with E-state index in [2.05, 4.69) is 0 Å². The normalized spacial score (nSPS) is 32.4. The van der Waals surface area contributed by atoms with E-state index in [0.29, 0.717) is 11.3 Å². The van der Waals surface area contributed by atoms with Crippen LogP contribution in [0.2, 0.25) is 0 Å². The number of carbonyl (C=O) groups excluding carboxylic acids is 2. The number of hydrogen-bond acceptors (Lipinski definition) is 8. The number of benzene rings is 1. The van der Waals surface area contributed by atoms with Gasteiger partial charge in [0.25, 0.3) is 11.8 Å². The van der Waals surface area contributed by atoms with Crippen LogP contribution in [-0.4, -0.2) is 113 Å². The second-order valence-electron chi connectivity index (χ2n) is 6.99. The molecule has 2 amide bonds. The SMILES string of the molecule is [2H]C([2H])N(c1ccc(C(=O)N2CCN(C(=O)[C@H]3O[C@H](O)[C@H](O)[C@@H](O)[C@@H]3O)CC2)cc1)C([2H])[2H]. The Morgan fingerprint density at radius 3 is 2.14 bits per heavy atom. The van der Waals surface area contributed by atoms with E-state index in [1.807, 2.05) is 0 Å². The minimum atomic E-state index is -1.82. The number of aliphatic hydroxyl groups is 4. The fraction of sp³-hybridized carbons (Fsp3) is 0.579. The highest BCUT2D eigenvalue weighted by molar-refractivity contribution is 5.94. The number of nitrogens with zero attached hydrogens (tertiary/aromatic N) is 3. The Morgan fingerprint density at radius 1 is 0.966 bits per heavy atom. The molecular formula is C19H27N3O7. The van der Waals surface area contributed by atoms with E-state index in [1.54, 1.807) is 0 Å². The standard InChI is InChI=1S/C19H27N3O7/c1-20(2)12-5-3-11(4-6-12)17(26)21-7-9-22(10-8-21)18(27)16-14(24)13(23)15(25)19(28)29-16/h3-6,13-16,19,23-25,28H,7-10H2,1-2H3/t13-,14-,15+,16-,19-/m0/s1/i1D2,2D2. The van der Waals surface area contributed by atoms with Gasteiger partial charge in [0.15, 0.2) is 12.4 Å². The Labute approximate surface area is 174 Å². The first-order valence-corrected chi connectivity index (χ1v) is 9.06. The van der Waals surface area contributed by atoms with Gasteiger partial charge in [0.05, 0.1) is 0 Å². The highest BCUT2D eigenvalue weighted by Crippen LogP contribution is 2.22. The van der Waals surface area contributed by atoms with Crippen molar-refractivity contribution in [3.63, 3.8) is 0 Å². The summed E-state index contributed by atoms with van der Waals surface area (Å²) in [5.41, 5.74) is 0.621. The molecule has 29 heavy (non-hydrogen) atoms. The zero-order valence-electron chi connectivity index (χ0n) is 19.5. The largest absolute Gasteiger partial charge is 0.387 e. The molecule has 1 aromatic rings. The number of ether oxygens (including phenoxy) is 1. The lowest BCUT2D eigenvalue weighted by molar-refractivity contribution is -0.278. The van der Waals surface area contributed by atoms with Crippen molar-refractivity contribution in [1.82, 2.24) is 9.80 Å². The highest BCUT2D eigenvalue weighted by atomic mass is 16.6. The molecule has 2 fully saturated rings. The van der Waals surface area contributed by atoms with Gasteiger partial charge < -0.3 is 39.9 Å². The van der Waals surface area contributed by atoms with Gasteiger partial charge in [-0.2, -0.15) is 0 Å². The molecule has 2 aliphatic rings. The second kappa shape index (κ2) is 8.64. The minimum absolute atomic E-state index is 0.122. The molecule has 0 spiro atoms. The number of aliphatic hydroxyl groups excluding tert-OH is 4. The molecule has 10 heteroatoms. The van der Waals surface area contributed by atoms with Gasteiger partial charge in [0.2, 0.25) is 0 Å². The third-order valence-corrected chi connectivity index (χ3v) is 5.12. The summed E-state index contributed by atoms with van der Waals surface area (Å²) >= 11 is 0. The van der Waals surface area contributed by atoms with E-state index in [9.17, 15) is 30.0 Å². The van der Waals surface area contributed by atoms with Crippen molar-refractivity contribution >= 4 is 17.5 Å². The predicted octanol–water partition coefficient (Wildman–Crippen LogP) is -2.16. The summed E-state index contributed by atoms with van der Waals surface area (Å²) in [6.45, 7) is -2.49. The van der Waals surface area contributed by atoms with Crippen molar-refractivity contribution < 1.29 is 40.2 Å². The number of amides is 2. The van der Waals surface area contributed by atoms with Crippen molar-refractivity contribution in [1.29, 1.82) is 0 Å². The Kier molecular flexibility index (Phi) is 4.93. The first-order chi connectivity index (χ1) is 15.5. The van der Waals surface area contributed by atoms with Crippen molar-refractivity contribution in [2.24, 2.45) is 0 Å². The van der Waals surface area contributed by atoms with Crippen LogP contribution in [0, 0.1) is 0 Å². The third-order valence-electron chi connectivity index (χ3n) is 5.12.